The Bertz CT molecular complexity index is 520. The van der Waals surface area contributed by atoms with Crippen molar-refractivity contribution >= 4 is 35.0 Å². The van der Waals surface area contributed by atoms with Crippen LogP contribution in [0.3, 0.4) is 0 Å². The smallest absolute Gasteiger partial charge is 0.235 e. The van der Waals surface area contributed by atoms with Crippen LogP contribution in [0.4, 0.5) is 5.13 Å². The molecule has 3 nitrogen and oxygen atoms in total. The molecular formula is C12H12N2OS2. The maximum atomic E-state index is 11.2. The summed E-state index contributed by atoms with van der Waals surface area (Å²) >= 11 is 5.31. The summed E-state index contributed by atoms with van der Waals surface area (Å²) in [5.74, 6) is 0.0255. The van der Waals surface area contributed by atoms with Crippen LogP contribution >= 0.6 is 24.0 Å². The fourth-order valence-electron chi connectivity index (χ4n) is 1.35. The SMILES string of the molecule is Cc1ccc(-c2csc(NC(=O)CS)n2)cc1. The Morgan fingerprint density at radius 2 is 2.12 bits per heavy atom. The number of hydrogen-bond acceptors (Lipinski definition) is 4. The molecule has 1 N–H and O–H groups in total. The van der Waals surface area contributed by atoms with Gasteiger partial charge >= 0.3 is 0 Å². The Kier molecular flexibility index (Phi) is 3.81. The van der Waals surface area contributed by atoms with Crippen LogP contribution in [0, 0.1) is 6.92 Å². The lowest BCUT2D eigenvalue weighted by atomic mass is 10.1. The van der Waals surface area contributed by atoms with Crippen molar-refractivity contribution in [2.24, 2.45) is 0 Å². The minimum Gasteiger partial charge on any atom is -0.301 e. The van der Waals surface area contributed by atoms with Crippen LogP contribution in [0.1, 0.15) is 5.56 Å². The second kappa shape index (κ2) is 5.33. The molecule has 0 aliphatic heterocycles. The van der Waals surface area contributed by atoms with E-state index in [4.69, 9.17) is 0 Å². The van der Waals surface area contributed by atoms with Gasteiger partial charge in [0.1, 0.15) is 0 Å². The maximum Gasteiger partial charge on any atom is 0.235 e. The predicted molar refractivity (Wildman–Crippen MR) is 74.8 cm³/mol. The first-order chi connectivity index (χ1) is 8.19. The highest BCUT2D eigenvalue weighted by Gasteiger charge is 2.06. The second-order valence-electron chi connectivity index (χ2n) is 3.61. The third-order valence-corrected chi connectivity index (χ3v) is 3.29. The topological polar surface area (TPSA) is 42.0 Å². The fraction of sp³-hybridized carbons (Fsp3) is 0.167. The lowest BCUT2D eigenvalue weighted by Gasteiger charge is -1.98. The van der Waals surface area contributed by atoms with Gasteiger partial charge in [-0.1, -0.05) is 29.8 Å². The second-order valence-corrected chi connectivity index (χ2v) is 4.78. The summed E-state index contributed by atoms with van der Waals surface area (Å²) in [4.78, 5) is 15.5. The van der Waals surface area contributed by atoms with Crippen molar-refractivity contribution in [3.8, 4) is 11.3 Å². The first kappa shape index (κ1) is 12.1. The van der Waals surface area contributed by atoms with Crippen molar-refractivity contribution < 1.29 is 4.79 Å². The molecule has 0 bridgehead atoms. The molecule has 0 saturated carbocycles. The maximum absolute atomic E-state index is 11.2. The normalized spacial score (nSPS) is 10.2. The number of anilines is 1. The molecule has 0 atom stereocenters. The molecule has 0 radical (unpaired) electrons. The van der Waals surface area contributed by atoms with Gasteiger partial charge in [-0.15, -0.1) is 11.3 Å². The molecule has 2 rings (SSSR count). The lowest BCUT2D eigenvalue weighted by molar-refractivity contribution is -0.113. The van der Waals surface area contributed by atoms with Gasteiger partial charge in [-0.2, -0.15) is 12.6 Å². The van der Waals surface area contributed by atoms with E-state index in [2.05, 4.69) is 22.9 Å². The van der Waals surface area contributed by atoms with Gasteiger partial charge in [0, 0.05) is 10.9 Å². The Balaban J connectivity index is 2.18. The molecular weight excluding hydrogens is 252 g/mol. The van der Waals surface area contributed by atoms with Crippen LogP contribution in [0.5, 0.6) is 0 Å². The van der Waals surface area contributed by atoms with Gasteiger partial charge in [-0.25, -0.2) is 4.98 Å². The summed E-state index contributed by atoms with van der Waals surface area (Å²) in [5.41, 5.74) is 3.15. The summed E-state index contributed by atoms with van der Waals surface area (Å²) < 4.78 is 0. The van der Waals surface area contributed by atoms with E-state index in [0.29, 0.717) is 5.13 Å². The van der Waals surface area contributed by atoms with Gasteiger partial charge < -0.3 is 5.32 Å². The predicted octanol–water partition coefficient (Wildman–Crippen LogP) is 2.99. The van der Waals surface area contributed by atoms with Gasteiger partial charge in [0.2, 0.25) is 5.91 Å². The average Bonchev–Trinajstić information content (AvgIpc) is 2.78. The molecule has 17 heavy (non-hydrogen) atoms. The van der Waals surface area contributed by atoms with Crippen molar-refractivity contribution in [3.05, 3.63) is 35.2 Å². The zero-order chi connectivity index (χ0) is 12.3. The number of rotatable bonds is 3. The number of hydrogen-bond donors (Lipinski definition) is 2. The monoisotopic (exact) mass is 264 g/mol. The van der Waals surface area contributed by atoms with Gasteiger partial charge in [0.15, 0.2) is 5.13 Å². The number of nitrogens with one attached hydrogen (secondary N) is 1. The van der Waals surface area contributed by atoms with Crippen LogP contribution < -0.4 is 5.32 Å². The molecule has 0 aliphatic carbocycles. The zero-order valence-corrected chi connectivity index (χ0v) is 11.0. The van der Waals surface area contributed by atoms with E-state index in [9.17, 15) is 4.79 Å². The van der Waals surface area contributed by atoms with Crippen molar-refractivity contribution in [2.45, 2.75) is 6.92 Å². The van der Waals surface area contributed by atoms with E-state index in [-0.39, 0.29) is 11.7 Å². The van der Waals surface area contributed by atoms with Gasteiger partial charge in [-0.3, -0.25) is 4.79 Å². The molecule has 1 aromatic heterocycles. The molecule has 1 heterocycles. The molecule has 0 saturated heterocycles. The summed E-state index contributed by atoms with van der Waals surface area (Å²) in [6.45, 7) is 2.04. The number of benzene rings is 1. The molecule has 88 valence electrons. The van der Waals surface area contributed by atoms with E-state index < -0.39 is 0 Å². The Labute approximate surface area is 109 Å². The van der Waals surface area contributed by atoms with Crippen molar-refractivity contribution in [3.63, 3.8) is 0 Å². The van der Waals surface area contributed by atoms with Crippen LogP contribution in [0.2, 0.25) is 0 Å². The number of thiol groups is 1. The van der Waals surface area contributed by atoms with Crippen molar-refractivity contribution in [1.82, 2.24) is 4.98 Å². The van der Waals surface area contributed by atoms with E-state index in [1.54, 1.807) is 0 Å². The number of nitrogens with zero attached hydrogens (tertiary/aromatic N) is 1. The van der Waals surface area contributed by atoms with Crippen molar-refractivity contribution in [2.75, 3.05) is 11.1 Å². The Morgan fingerprint density at radius 3 is 2.76 bits per heavy atom. The summed E-state index contributed by atoms with van der Waals surface area (Å²) in [6, 6.07) is 8.13. The highest BCUT2D eigenvalue weighted by atomic mass is 32.1. The number of thiazole rings is 1. The Hall–Kier alpha value is -1.33. The molecule has 0 spiro atoms. The summed E-state index contributed by atoms with van der Waals surface area (Å²) in [6.07, 6.45) is 0. The first-order valence-corrected chi connectivity index (χ1v) is 6.63. The molecule has 2 aromatic rings. The molecule has 1 amide bonds. The summed E-state index contributed by atoms with van der Waals surface area (Å²) in [5, 5.41) is 5.23. The van der Waals surface area contributed by atoms with Crippen LogP contribution in [0.25, 0.3) is 11.3 Å². The van der Waals surface area contributed by atoms with Crippen LogP contribution in [-0.2, 0) is 4.79 Å². The van der Waals surface area contributed by atoms with Crippen LogP contribution in [0.15, 0.2) is 29.6 Å². The number of aromatic nitrogens is 1. The average molecular weight is 264 g/mol. The van der Waals surface area contributed by atoms with Gasteiger partial charge in [0.05, 0.1) is 11.4 Å². The Morgan fingerprint density at radius 1 is 1.41 bits per heavy atom. The molecule has 0 fully saturated rings. The van der Waals surface area contributed by atoms with E-state index in [0.717, 1.165) is 11.3 Å². The highest BCUT2D eigenvalue weighted by Crippen LogP contribution is 2.24. The lowest BCUT2D eigenvalue weighted by Crippen LogP contribution is -2.12. The minimum atomic E-state index is -0.141. The molecule has 1 aromatic carbocycles. The number of carbonyl (C=O) groups is 1. The van der Waals surface area contributed by atoms with Crippen LogP contribution in [-0.4, -0.2) is 16.6 Å². The number of amides is 1. The molecule has 5 heteroatoms. The van der Waals surface area contributed by atoms with Crippen molar-refractivity contribution in [1.29, 1.82) is 0 Å². The third kappa shape index (κ3) is 3.08. The van der Waals surface area contributed by atoms with E-state index in [1.165, 1.54) is 16.9 Å². The number of carbonyl (C=O) groups excluding carboxylic acids is 1. The molecule has 0 unspecified atom stereocenters. The van der Waals surface area contributed by atoms with Gasteiger partial charge in [0.25, 0.3) is 0 Å². The van der Waals surface area contributed by atoms with E-state index in [1.807, 2.05) is 36.6 Å². The standard InChI is InChI=1S/C12H12N2OS2/c1-8-2-4-9(5-3-8)10-7-17-12(13-10)14-11(15)6-16/h2-5,7,16H,6H2,1H3,(H,13,14,15). The quantitative estimate of drug-likeness (QED) is 0.837. The molecule has 0 aliphatic rings. The highest BCUT2D eigenvalue weighted by molar-refractivity contribution is 7.81. The fourth-order valence-corrected chi connectivity index (χ4v) is 2.16. The zero-order valence-electron chi connectivity index (χ0n) is 9.30. The summed E-state index contributed by atoms with van der Waals surface area (Å²) in [7, 11) is 0. The first-order valence-electron chi connectivity index (χ1n) is 5.12. The van der Waals surface area contributed by atoms with E-state index >= 15 is 0 Å². The number of aryl methyl sites for hydroxylation is 1. The minimum absolute atomic E-state index is 0.141. The third-order valence-electron chi connectivity index (χ3n) is 2.24. The van der Waals surface area contributed by atoms with Gasteiger partial charge in [-0.05, 0) is 6.92 Å². The largest absolute Gasteiger partial charge is 0.301 e.